The maximum atomic E-state index is 12.6. The summed E-state index contributed by atoms with van der Waals surface area (Å²) in [5.41, 5.74) is 2.16. The molecule has 0 saturated heterocycles. The Bertz CT molecular complexity index is 1190. The van der Waals surface area contributed by atoms with Gasteiger partial charge in [0.25, 0.3) is 5.56 Å². The van der Waals surface area contributed by atoms with Gasteiger partial charge < -0.3 is 8.94 Å². The minimum absolute atomic E-state index is 0.199. The molecule has 7 nitrogen and oxygen atoms in total. The van der Waals surface area contributed by atoms with Gasteiger partial charge in [0.05, 0.1) is 17.6 Å². The highest BCUT2D eigenvalue weighted by molar-refractivity contribution is 9.10. The van der Waals surface area contributed by atoms with Crippen LogP contribution in [0.4, 0.5) is 0 Å². The maximum absolute atomic E-state index is 12.6. The van der Waals surface area contributed by atoms with Crippen LogP contribution < -0.4 is 5.56 Å². The molecule has 26 heavy (non-hydrogen) atoms. The van der Waals surface area contributed by atoms with E-state index in [2.05, 4.69) is 31.2 Å². The van der Waals surface area contributed by atoms with E-state index < -0.39 is 0 Å². The molecule has 0 bridgehead atoms. The second kappa shape index (κ2) is 6.21. The van der Waals surface area contributed by atoms with E-state index >= 15 is 0 Å². The Hall–Kier alpha value is -2.74. The van der Waals surface area contributed by atoms with Crippen molar-refractivity contribution in [2.24, 2.45) is 0 Å². The molecule has 0 saturated carbocycles. The van der Waals surface area contributed by atoms with Crippen LogP contribution in [0.25, 0.3) is 22.4 Å². The second-order valence-corrected chi connectivity index (χ2v) is 6.96. The van der Waals surface area contributed by atoms with Crippen molar-refractivity contribution in [3.63, 3.8) is 0 Å². The molecule has 0 aliphatic heterocycles. The lowest BCUT2D eigenvalue weighted by Crippen LogP contribution is -2.25. The van der Waals surface area contributed by atoms with Crippen LogP contribution in [0.3, 0.4) is 0 Å². The topological polar surface area (TPSA) is 86.9 Å². The fraction of sp³-hybridized carbons (Fsp3) is 0.222. The van der Waals surface area contributed by atoms with Crippen molar-refractivity contribution in [2.45, 2.75) is 27.3 Å². The van der Waals surface area contributed by atoms with Crippen LogP contribution in [-0.4, -0.2) is 19.9 Å². The van der Waals surface area contributed by atoms with Gasteiger partial charge in [0.1, 0.15) is 17.2 Å². The third kappa shape index (κ3) is 2.76. The van der Waals surface area contributed by atoms with Crippen molar-refractivity contribution < 1.29 is 8.94 Å². The van der Waals surface area contributed by atoms with E-state index in [1.165, 1.54) is 4.68 Å². The molecule has 3 aromatic heterocycles. The minimum atomic E-state index is -0.311. The minimum Gasteiger partial charge on any atom is -0.441 e. The van der Waals surface area contributed by atoms with Crippen molar-refractivity contribution in [2.75, 3.05) is 0 Å². The van der Waals surface area contributed by atoms with Crippen LogP contribution in [0.2, 0.25) is 0 Å². The van der Waals surface area contributed by atoms with Crippen molar-refractivity contribution in [1.82, 2.24) is 19.9 Å². The average molecular weight is 415 g/mol. The molecule has 0 N–H and O–H groups in total. The Labute approximate surface area is 156 Å². The molecule has 0 unspecified atom stereocenters. The van der Waals surface area contributed by atoms with Gasteiger partial charge in [-0.2, -0.15) is 5.10 Å². The zero-order chi connectivity index (χ0) is 18.4. The number of aryl methyl sites for hydroxylation is 3. The lowest BCUT2D eigenvalue weighted by Gasteiger charge is -2.04. The number of aromatic nitrogens is 4. The van der Waals surface area contributed by atoms with Crippen molar-refractivity contribution >= 4 is 26.8 Å². The Morgan fingerprint density at radius 2 is 2.00 bits per heavy atom. The molecule has 3 heterocycles. The van der Waals surface area contributed by atoms with Gasteiger partial charge in [-0.3, -0.25) is 4.79 Å². The summed E-state index contributed by atoms with van der Waals surface area (Å²) in [6.07, 6.45) is 0. The van der Waals surface area contributed by atoms with Crippen LogP contribution in [0, 0.1) is 20.8 Å². The fourth-order valence-corrected chi connectivity index (χ4v) is 3.31. The molecule has 1 aromatic carbocycles. The summed E-state index contributed by atoms with van der Waals surface area (Å²) in [7, 11) is 0. The van der Waals surface area contributed by atoms with Gasteiger partial charge >= 0.3 is 0 Å². The molecule has 4 aromatic rings. The lowest BCUT2D eigenvalue weighted by atomic mass is 10.2. The molecule has 0 aliphatic rings. The Morgan fingerprint density at radius 3 is 2.77 bits per heavy atom. The zero-order valence-electron chi connectivity index (χ0n) is 14.4. The summed E-state index contributed by atoms with van der Waals surface area (Å²) < 4.78 is 13.2. The van der Waals surface area contributed by atoms with Gasteiger partial charge in [0.2, 0.25) is 5.89 Å². The van der Waals surface area contributed by atoms with Gasteiger partial charge in [-0.1, -0.05) is 27.2 Å². The SMILES string of the molecule is Cc1oc(-c2cccc(Br)c2)nc1Cn1nc(C)c2c(C)onc2c1=O. The van der Waals surface area contributed by atoms with Crippen LogP contribution in [0.15, 0.2) is 42.5 Å². The van der Waals surface area contributed by atoms with Crippen molar-refractivity contribution in [1.29, 1.82) is 0 Å². The Balaban J connectivity index is 1.76. The zero-order valence-corrected chi connectivity index (χ0v) is 16.0. The first-order valence-corrected chi connectivity index (χ1v) is 8.79. The highest BCUT2D eigenvalue weighted by Crippen LogP contribution is 2.25. The quantitative estimate of drug-likeness (QED) is 0.506. The molecular formula is C18H15BrN4O3. The summed E-state index contributed by atoms with van der Waals surface area (Å²) in [5, 5.41) is 8.91. The number of fused-ring (bicyclic) bond motifs is 1. The number of benzene rings is 1. The standard InChI is InChI=1S/C18H15BrN4O3/c1-9-15-11(3)26-22-16(15)18(24)23(21-9)8-14-10(2)25-17(20-14)12-5-4-6-13(19)7-12/h4-7H,8H2,1-3H3. The van der Waals surface area contributed by atoms with E-state index in [1.54, 1.807) is 6.92 Å². The molecule has 0 atom stereocenters. The maximum Gasteiger partial charge on any atom is 0.297 e. The number of halogens is 1. The third-order valence-electron chi connectivity index (χ3n) is 4.20. The van der Waals surface area contributed by atoms with Crippen LogP contribution in [0.1, 0.15) is 22.9 Å². The molecule has 0 spiro atoms. The molecule has 0 aliphatic carbocycles. The molecular weight excluding hydrogens is 400 g/mol. The van der Waals surface area contributed by atoms with Crippen LogP contribution in [-0.2, 0) is 6.54 Å². The van der Waals surface area contributed by atoms with Gasteiger partial charge in [-0.25, -0.2) is 9.67 Å². The number of hydrogen-bond donors (Lipinski definition) is 0. The number of rotatable bonds is 3. The van der Waals surface area contributed by atoms with Gasteiger partial charge in [-0.05, 0) is 39.0 Å². The van der Waals surface area contributed by atoms with E-state index in [4.69, 9.17) is 8.94 Å². The predicted molar refractivity (Wildman–Crippen MR) is 99.0 cm³/mol. The highest BCUT2D eigenvalue weighted by atomic mass is 79.9. The van der Waals surface area contributed by atoms with E-state index in [9.17, 15) is 4.79 Å². The molecule has 8 heteroatoms. The van der Waals surface area contributed by atoms with Crippen LogP contribution >= 0.6 is 15.9 Å². The molecule has 4 rings (SSSR count). The van der Waals surface area contributed by atoms with Gasteiger partial charge in [0.15, 0.2) is 5.52 Å². The number of hydrogen-bond acceptors (Lipinski definition) is 6. The summed E-state index contributed by atoms with van der Waals surface area (Å²) in [5.74, 6) is 1.73. The van der Waals surface area contributed by atoms with E-state index in [0.717, 1.165) is 10.0 Å². The van der Waals surface area contributed by atoms with Crippen molar-refractivity contribution in [3.05, 3.63) is 62.0 Å². The normalized spacial score (nSPS) is 11.4. The lowest BCUT2D eigenvalue weighted by molar-refractivity contribution is 0.405. The third-order valence-corrected chi connectivity index (χ3v) is 4.69. The highest BCUT2D eigenvalue weighted by Gasteiger charge is 2.18. The average Bonchev–Trinajstić information content (AvgIpc) is 3.16. The number of oxazole rings is 1. The van der Waals surface area contributed by atoms with Crippen molar-refractivity contribution in [3.8, 4) is 11.5 Å². The number of nitrogens with zero attached hydrogens (tertiary/aromatic N) is 4. The van der Waals surface area contributed by atoms with Gasteiger partial charge in [0, 0.05) is 10.0 Å². The summed E-state index contributed by atoms with van der Waals surface area (Å²) in [6.45, 7) is 5.61. The molecule has 0 amide bonds. The van der Waals surface area contributed by atoms with E-state index in [0.29, 0.717) is 34.2 Å². The Kier molecular flexibility index (Phi) is 3.99. The first-order chi connectivity index (χ1) is 12.4. The molecule has 132 valence electrons. The monoisotopic (exact) mass is 414 g/mol. The first-order valence-electron chi connectivity index (χ1n) is 8.00. The predicted octanol–water partition coefficient (Wildman–Crippen LogP) is 3.78. The largest absolute Gasteiger partial charge is 0.441 e. The Morgan fingerprint density at radius 1 is 1.19 bits per heavy atom. The van der Waals surface area contributed by atoms with Gasteiger partial charge in [-0.15, -0.1) is 0 Å². The van der Waals surface area contributed by atoms with Crippen LogP contribution in [0.5, 0.6) is 0 Å². The summed E-state index contributed by atoms with van der Waals surface area (Å²) >= 11 is 3.44. The molecule has 0 fully saturated rings. The summed E-state index contributed by atoms with van der Waals surface area (Å²) in [4.78, 5) is 17.2. The van der Waals surface area contributed by atoms with E-state index in [1.807, 2.05) is 38.1 Å². The first kappa shape index (κ1) is 16.7. The summed E-state index contributed by atoms with van der Waals surface area (Å²) in [6, 6.07) is 7.68. The smallest absolute Gasteiger partial charge is 0.297 e. The second-order valence-electron chi connectivity index (χ2n) is 6.04. The fourth-order valence-electron chi connectivity index (χ4n) is 2.91. The molecule has 0 radical (unpaired) electrons. The van der Waals surface area contributed by atoms with E-state index in [-0.39, 0.29) is 17.6 Å².